The zero-order valence-electron chi connectivity index (χ0n) is 17.6. The van der Waals surface area contributed by atoms with Crippen LogP contribution in [0.2, 0.25) is 0 Å². The Hall–Kier alpha value is -3.51. The summed E-state index contributed by atoms with van der Waals surface area (Å²) in [5.74, 6) is -0.914. The molecule has 0 aromatic heterocycles. The fourth-order valence-corrected chi connectivity index (χ4v) is 3.28. The predicted octanol–water partition coefficient (Wildman–Crippen LogP) is 4.24. The number of hydrogen-bond acceptors (Lipinski definition) is 3. The molecule has 3 aromatic rings. The highest BCUT2D eigenvalue weighted by Crippen LogP contribution is 2.21. The van der Waals surface area contributed by atoms with Crippen molar-refractivity contribution in [1.82, 2.24) is 10.2 Å². The summed E-state index contributed by atoms with van der Waals surface area (Å²) in [6.45, 7) is 2.01. The van der Waals surface area contributed by atoms with E-state index < -0.39 is 5.82 Å². The molecule has 31 heavy (non-hydrogen) atoms. The smallest absolute Gasteiger partial charge is 0.238 e. The first kappa shape index (κ1) is 22.2. The minimum Gasteiger partial charge on any atom is -0.348 e. The number of rotatable bonds is 8. The summed E-state index contributed by atoms with van der Waals surface area (Å²) in [6, 6.07) is 23.7. The number of halogens is 1. The highest BCUT2D eigenvalue weighted by Gasteiger charge is 2.14. The maximum absolute atomic E-state index is 13.2. The van der Waals surface area contributed by atoms with Crippen molar-refractivity contribution in [3.8, 4) is 11.1 Å². The first-order chi connectivity index (χ1) is 14.9. The molecule has 0 bridgehead atoms. The van der Waals surface area contributed by atoms with Crippen molar-refractivity contribution in [3.63, 3.8) is 0 Å². The van der Waals surface area contributed by atoms with Crippen molar-refractivity contribution >= 4 is 17.5 Å². The van der Waals surface area contributed by atoms with Gasteiger partial charge in [-0.25, -0.2) is 4.39 Å². The lowest BCUT2D eigenvalue weighted by Crippen LogP contribution is -2.39. The molecule has 0 radical (unpaired) electrons. The fraction of sp³-hybridized carbons (Fsp3) is 0.200. The Morgan fingerprint density at radius 3 is 2.19 bits per heavy atom. The highest BCUT2D eigenvalue weighted by molar-refractivity contribution is 5.92. The molecule has 0 fully saturated rings. The van der Waals surface area contributed by atoms with Gasteiger partial charge in [0.15, 0.2) is 0 Å². The van der Waals surface area contributed by atoms with Crippen molar-refractivity contribution < 1.29 is 14.0 Å². The van der Waals surface area contributed by atoms with Gasteiger partial charge in [-0.05, 0) is 48.9 Å². The standard InChI is InChI=1S/C25H26FN3O2/c1-18(19-11-13-21(14-12-19)20-7-4-3-5-8-20)27-24(30)16-29(2)17-25(31)28-23-10-6-9-22(26)15-23/h3-15,18H,16-17H2,1-2H3,(H,27,30)(H,28,31)/t18-/m1/s1. The van der Waals surface area contributed by atoms with Gasteiger partial charge in [0, 0.05) is 5.69 Å². The van der Waals surface area contributed by atoms with E-state index in [9.17, 15) is 14.0 Å². The van der Waals surface area contributed by atoms with Crippen LogP contribution in [0.5, 0.6) is 0 Å². The van der Waals surface area contributed by atoms with E-state index in [1.807, 2.05) is 49.4 Å². The van der Waals surface area contributed by atoms with Crippen LogP contribution < -0.4 is 10.6 Å². The summed E-state index contributed by atoms with van der Waals surface area (Å²) in [5, 5.41) is 5.57. The third-order valence-electron chi connectivity index (χ3n) is 4.83. The summed E-state index contributed by atoms with van der Waals surface area (Å²) < 4.78 is 13.2. The van der Waals surface area contributed by atoms with Crippen molar-refractivity contribution in [2.45, 2.75) is 13.0 Å². The minimum absolute atomic E-state index is 0.0179. The monoisotopic (exact) mass is 419 g/mol. The van der Waals surface area contributed by atoms with E-state index in [-0.39, 0.29) is 30.9 Å². The number of anilines is 1. The lowest BCUT2D eigenvalue weighted by Gasteiger charge is -2.19. The number of carbonyl (C=O) groups is 2. The van der Waals surface area contributed by atoms with Crippen LogP contribution in [0.25, 0.3) is 11.1 Å². The van der Waals surface area contributed by atoms with Gasteiger partial charge < -0.3 is 10.6 Å². The number of nitrogens with zero attached hydrogens (tertiary/aromatic N) is 1. The van der Waals surface area contributed by atoms with E-state index in [2.05, 4.69) is 22.8 Å². The van der Waals surface area contributed by atoms with Crippen LogP contribution in [0.3, 0.4) is 0 Å². The predicted molar refractivity (Wildman–Crippen MR) is 121 cm³/mol. The number of carbonyl (C=O) groups excluding carboxylic acids is 2. The molecule has 0 saturated heterocycles. The van der Waals surface area contributed by atoms with Crippen LogP contribution in [0.15, 0.2) is 78.9 Å². The van der Waals surface area contributed by atoms with Crippen molar-refractivity contribution in [3.05, 3.63) is 90.2 Å². The Morgan fingerprint density at radius 1 is 0.871 bits per heavy atom. The summed E-state index contributed by atoms with van der Waals surface area (Å²) in [6.07, 6.45) is 0. The normalized spacial score (nSPS) is 11.7. The van der Waals surface area contributed by atoms with E-state index in [0.29, 0.717) is 5.69 Å². The van der Waals surface area contributed by atoms with E-state index in [1.54, 1.807) is 18.0 Å². The van der Waals surface area contributed by atoms with Crippen LogP contribution in [0.1, 0.15) is 18.5 Å². The van der Waals surface area contributed by atoms with Gasteiger partial charge in [0.25, 0.3) is 0 Å². The van der Waals surface area contributed by atoms with Crippen LogP contribution in [0, 0.1) is 5.82 Å². The Balaban J connectivity index is 1.47. The zero-order chi connectivity index (χ0) is 22.2. The lowest BCUT2D eigenvalue weighted by atomic mass is 10.0. The molecule has 3 rings (SSSR count). The molecule has 0 unspecified atom stereocenters. The zero-order valence-corrected chi connectivity index (χ0v) is 17.6. The van der Waals surface area contributed by atoms with E-state index in [0.717, 1.165) is 16.7 Å². The van der Waals surface area contributed by atoms with Gasteiger partial charge in [-0.1, -0.05) is 60.7 Å². The van der Waals surface area contributed by atoms with Gasteiger partial charge in [0.05, 0.1) is 19.1 Å². The maximum atomic E-state index is 13.2. The quantitative estimate of drug-likeness (QED) is 0.574. The minimum atomic E-state index is -0.420. The molecule has 0 aliphatic carbocycles. The average molecular weight is 420 g/mol. The fourth-order valence-electron chi connectivity index (χ4n) is 3.28. The second-order valence-electron chi connectivity index (χ2n) is 7.51. The van der Waals surface area contributed by atoms with Crippen LogP contribution in [0.4, 0.5) is 10.1 Å². The SMILES string of the molecule is C[C@@H](NC(=O)CN(C)CC(=O)Nc1cccc(F)c1)c1ccc(-c2ccccc2)cc1. The Kier molecular flexibility index (Phi) is 7.51. The lowest BCUT2D eigenvalue weighted by molar-refractivity contribution is -0.123. The molecule has 1 atom stereocenters. The van der Waals surface area contributed by atoms with Gasteiger partial charge in [-0.15, -0.1) is 0 Å². The number of hydrogen-bond donors (Lipinski definition) is 2. The Bertz CT molecular complexity index is 1020. The second-order valence-corrected chi connectivity index (χ2v) is 7.51. The summed E-state index contributed by atoms with van der Waals surface area (Å²) in [7, 11) is 1.68. The maximum Gasteiger partial charge on any atom is 0.238 e. The van der Waals surface area contributed by atoms with Gasteiger partial charge in [0.1, 0.15) is 5.82 Å². The molecule has 0 spiro atoms. The highest BCUT2D eigenvalue weighted by atomic mass is 19.1. The molecule has 6 heteroatoms. The molecular formula is C25H26FN3O2. The molecule has 5 nitrogen and oxygen atoms in total. The van der Waals surface area contributed by atoms with Crippen LogP contribution in [-0.4, -0.2) is 36.9 Å². The summed E-state index contributed by atoms with van der Waals surface area (Å²) in [5.41, 5.74) is 3.64. The topological polar surface area (TPSA) is 61.4 Å². The Labute approximate surface area is 181 Å². The average Bonchev–Trinajstić information content (AvgIpc) is 2.74. The van der Waals surface area contributed by atoms with E-state index >= 15 is 0 Å². The first-order valence-electron chi connectivity index (χ1n) is 10.1. The molecule has 160 valence electrons. The second kappa shape index (κ2) is 10.5. The molecule has 0 heterocycles. The molecule has 3 aromatic carbocycles. The molecule has 0 aliphatic heterocycles. The largest absolute Gasteiger partial charge is 0.348 e. The molecular weight excluding hydrogens is 393 g/mol. The first-order valence-corrected chi connectivity index (χ1v) is 10.1. The van der Waals surface area contributed by atoms with Gasteiger partial charge in [0.2, 0.25) is 11.8 Å². The van der Waals surface area contributed by atoms with E-state index in [4.69, 9.17) is 0 Å². The number of benzene rings is 3. The number of likely N-dealkylation sites (N-methyl/N-ethyl adjacent to an activating group) is 1. The number of nitrogens with one attached hydrogen (secondary N) is 2. The van der Waals surface area contributed by atoms with Crippen molar-refractivity contribution in [2.75, 3.05) is 25.5 Å². The Morgan fingerprint density at radius 2 is 1.52 bits per heavy atom. The molecule has 2 N–H and O–H groups in total. The van der Waals surface area contributed by atoms with Crippen molar-refractivity contribution in [2.24, 2.45) is 0 Å². The molecule has 0 saturated carbocycles. The van der Waals surface area contributed by atoms with Crippen molar-refractivity contribution in [1.29, 1.82) is 0 Å². The van der Waals surface area contributed by atoms with Gasteiger partial charge in [-0.2, -0.15) is 0 Å². The molecule has 0 aliphatic rings. The third-order valence-corrected chi connectivity index (χ3v) is 4.83. The van der Waals surface area contributed by atoms with Crippen LogP contribution >= 0.6 is 0 Å². The molecule has 2 amide bonds. The van der Waals surface area contributed by atoms with E-state index in [1.165, 1.54) is 18.2 Å². The van der Waals surface area contributed by atoms with Crippen LogP contribution in [-0.2, 0) is 9.59 Å². The van der Waals surface area contributed by atoms with Gasteiger partial charge in [-0.3, -0.25) is 14.5 Å². The number of amides is 2. The third kappa shape index (κ3) is 6.76. The van der Waals surface area contributed by atoms with Gasteiger partial charge >= 0.3 is 0 Å². The summed E-state index contributed by atoms with van der Waals surface area (Å²) >= 11 is 0. The summed E-state index contributed by atoms with van der Waals surface area (Å²) in [4.78, 5) is 26.1.